The molecule has 0 radical (unpaired) electrons. The van der Waals surface area contributed by atoms with Crippen molar-refractivity contribution in [2.45, 2.75) is 31.7 Å². The van der Waals surface area contributed by atoms with Gasteiger partial charge < -0.3 is 10.4 Å². The predicted octanol–water partition coefficient (Wildman–Crippen LogP) is 2.59. The van der Waals surface area contributed by atoms with E-state index in [1.54, 1.807) is 24.5 Å². The van der Waals surface area contributed by atoms with Crippen LogP contribution >= 0.6 is 0 Å². The minimum atomic E-state index is -1.03. The molecule has 21 heavy (non-hydrogen) atoms. The summed E-state index contributed by atoms with van der Waals surface area (Å²) in [5.74, 6) is -0.548. The number of pyridine rings is 1. The van der Waals surface area contributed by atoms with E-state index in [-0.39, 0.29) is 5.56 Å². The largest absolute Gasteiger partial charge is 0.478 e. The third kappa shape index (κ3) is 2.99. The van der Waals surface area contributed by atoms with Gasteiger partial charge in [0.05, 0.1) is 5.69 Å². The number of carbonyl (C=O) groups is 1. The molecule has 0 aromatic carbocycles. The maximum absolute atomic E-state index is 11.3. The molecule has 1 saturated carbocycles. The Balaban J connectivity index is 1.96. The third-order valence-corrected chi connectivity index (χ3v) is 3.66. The number of hydrogen-bond donors (Lipinski definition) is 2. The highest BCUT2D eigenvalue weighted by Gasteiger charge is 2.19. The molecule has 3 rings (SSSR count). The monoisotopic (exact) mass is 284 g/mol. The molecule has 1 fully saturated rings. The Kier molecular flexibility index (Phi) is 3.77. The number of carboxylic acid groups (broad SMARTS) is 1. The Bertz CT molecular complexity index is 639. The molecule has 1 aliphatic rings. The van der Waals surface area contributed by atoms with Crippen LogP contribution in [-0.2, 0) is 0 Å². The van der Waals surface area contributed by atoms with Gasteiger partial charge >= 0.3 is 5.97 Å². The summed E-state index contributed by atoms with van der Waals surface area (Å²) in [7, 11) is 0. The molecule has 0 bridgehead atoms. The first-order valence-electron chi connectivity index (χ1n) is 7.01. The molecular formula is C15H16N4O2. The summed E-state index contributed by atoms with van der Waals surface area (Å²) in [6.45, 7) is 0. The van der Waals surface area contributed by atoms with Gasteiger partial charge in [-0.05, 0) is 25.0 Å². The second-order valence-corrected chi connectivity index (χ2v) is 5.12. The average molecular weight is 284 g/mol. The fourth-order valence-electron chi connectivity index (χ4n) is 2.59. The Hall–Kier alpha value is -2.50. The zero-order valence-corrected chi connectivity index (χ0v) is 11.5. The lowest BCUT2D eigenvalue weighted by molar-refractivity contribution is 0.0697. The number of rotatable bonds is 4. The second-order valence-electron chi connectivity index (χ2n) is 5.12. The number of carboxylic acids is 1. The van der Waals surface area contributed by atoms with Crippen molar-refractivity contribution in [2.75, 3.05) is 5.32 Å². The highest BCUT2D eigenvalue weighted by molar-refractivity contribution is 5.94. The molecular weight excluding hydrogens is 268 g/mol. The zero-order valence-electron chi connectivity index (χ0n) is 11.5. The molecule has 2 heterocycles. The molecule has 6 heteroatoms. The Morgan fingerprint density at radius 1 is 1.24 bits per heavy atom. The van der Waals surface area contributed by atoms with Crippen molar-refractivity contribution in [2.24, 2.45) is 0 Å². The lowest BCUT2D eigenvalue weighted by Gasteiger charge is -2.13. The predicted molar refractivity (Wildman–Crippen MR) is 78.1 cm³/mol. The third-order valence-electron chi connectivity index (χ3n) is 3.66. The van der Waals surface area contributed by atoms with Crippen molar-refractivity contribution in [3.63, 3.8) is 0 Å². The normalized spacial score (nSPS) is 15.0. The standard InChI is InChI=1S/C15H16N4O2/c20-14(21)12-9-17-15(18-11-3-1-2-4-11)19-13(12)10-5-7-16-8-6-10/h5-9,11H,1-4H2,(H,20,21)(H,17,18,19). The van der Waals surface area contributed by atoms with Crippen molar-refractivity contribution in [3.05, 3.63) is 36.3 Å². The quantitative estimate of drug-likeness (QED) is 0.897. The van der Waals surface area contributed by atoms with Crippen molar-refractivity contribution < 1.29 is 9.90 Å². The molecule has 2 N–H and O–H groups in total. The van der Waals surface area contributed by atoms with Crippen LogP contribution in [0.2, 0.25) is 0 Å². The smallest absolute Gasteiger partial charge is 0.339 e. The maximum Gasteiger partial charge on any atom is 0.339 e. The van der Waals surface area contributed by atoms with Gasteiger partial charge in [-0.3, -0.25) is 4.98 Å². The van der Waals surface area contributed by atoms with E-state index in [4.69, 9.17) is 0 Å². The first-order chi connectivity index (χ1) is 10.2. The van der Waals surface area contributed by atoms with Gasteiger partial charge in [-0.25, -0.2) is 14.8 Å². The fraction of sp³-hybridized carbons (Fsp3) is 0.333. The van der Waals surface area contributed by atoms with Crippen LogP contribution < -0.4 is 5.32 Å². The molecule has 6 nitrogen and oxygen atoms in total. The highest BCUT2D eigenvalue weighted by atomic mass is 16.4. The average Bonchev–Trinajstić information content (AvgIpc) is 3.01. The van der Waals surface area contributed by atoms with E-state index >= 15 is 0 Å². The molecule has 0 spiro atoms. The van der Waals surface area contributed by atoms with Crippen LogP contribution in [0.3, 0.4) is 0 Å². The summed E-state index contributed by atoms with van der Waals surface area (Å²) in [5.41, 5.74) is 1.23. The van der Waals surface area contributed by atoms with E-state index in [1.807, 2.05) is 0 Å². The van der Waals surface area contributed by atoms with Gasteiger partial charge in [0.2, 0.25) is 5.95 Å². The lowest BCUT2D eigenvalue weighted by atomic mass is 10.1. The number of nitrogens with one attached hydrogen (secondary N) is 1. The summed E-state index contributed by atoms with van der Waals surface area (Å²) in [6.07, 6.45) is 9.23. The van der Waals surface area contributed by atoms with Crippen molar-refractivity contribution >= 4 is 11.9 Å². The van der Waals surface area contributed by atoms with Gasteiger partial charge in [0.25, 0.3) is 0 Å². The number of anilines is 1. The highest BCUT2D eigenvalue weighted by Crippen LogP contribution is 2.24. The molecule has 2 aromatic heterocycles. The van der Waals surface area contributed by atoms with Crippen LogP contribution in [0, 0.1) is 0 Å². The number of aromatic carboxylic acids is 1. The first kappa shape index (κ1) is 13.5. The van der Waals surface area contributed by atoms with E-state index < -0.39 is 5.97 Å². The molecule has 0 saturated heterocycles. The fourth-order valence-corrected chi connectivity index (χ4v) is 2.59. The van der Waals surface area contributed by atoms with Crippen LogP contribution in [-0.4, -0.2) is 32.1 Å². The summed E-state index contributed by atoms with van der Waals surface area (Å²) >= 11 is 0. The second kappa shape index (κ2) is 5.87. The summed E-state index contributed by atoms with van der Waals surface area (Å²) in [6, 6.07) is 3.87. The van der Waals surface area contributed by atoms with E-state index in [9.17, 15) is 9.90 Å². The number of aromatic nitrogens is 3. The summed E-state index contributed by atoms with van der Waals surface area (Å²) in [5, 5.41) is 12.6. The van der Waals surface area contributed by atoms with Gasteiger partial charge in [-0.1, -0.05) is 12.8 Å². The van der Waals surface area contributed by atoms with Crippen LogP contribution in [0.25, 0.3) is 11.3 Å². The molecule has 0 unspecified atom stereocenters. The minimum absolute atomic E-state index is 0.0955. The van der Waals surface area contributed by atoms with Gasteiger partial charge in [-0.2, -0.15) is 0 Å². The van der Waals surface area contributed by atoms with Crippen LogP contribution in [0.1, 0.15) is 36.0 Å². The van der Waals surface area contributed by atoms with E-state index in [0.29, 0.717) is 17.7 Å². The van der Waals surface area contributed by atoms with Crippen molar-refractivity contribution in [1.82, 2.24) is 15.0 Å². The van der Waals surface area contributed by atoms with Crippen LogP contribution in [0.4, 0.5) is 5.95 Å². The first-order valence-corrected chi connectivity index (χ1v) is 7.01. The molecule has 0 atom stereocenters. The zero-order chi connectivity index (χ0) is 14.7. The van der Waals surface area contributed by atoms with Crippen LogP contribution in [0.5, 0.6) is 0 Å². The Labute approximate surface area is 122 Å². The van der Waals surface area contributed by atoms with E-state index in [1.165, 1.54) is 19.0 Å². The topological polar surface area (TPSA) is 88.0 Å². The summed E-state index contributed by atoms with van der Waals surface area (Å²) < 4.78 is 0. The number of hydrogen-bond acceptors (Lipinski definition) is 5. The minimum Gasteiger partial charge on any atom is -0.478 e. The lowest BCUT2D eigenvalue weighted by Crippen LogP contribution is -2.17. The molecule has 108 valence electrons. The van der Waals surface area contributed by atoms with Crippen molar-refractivity contribution in [3.8, 4) is 11.3 Å². The van der Waals surface area contributed by atoms with Gasteiger partial charge in [0.15, 0.2) is 0 Å². The Morgan fingerprint density at radius 2 is 1.95 bits per heavy atom. The van der Waals surface area contributed by atoms with Gasteiger partial charge in [0, 0.05) is 30.2 Å². The van der Waals surface area contributed by atoms with E-state index in [2.05, 4.69) is 20.3 Å². The molecule has 2 aromatic rings. The number of nitrogens with zero attached hydrogens (tertiary/aromatic N) is 3. The molecule has 0 aliphatic heterocycles. The Morgan fingerprint density at radius 3 is 2.62 bits per heavy atom. The van der Waals surface area contributed by atoms with Crippen LogP contribution in [0.15, 0.2) is 30.7 Å². The van der Waals surface area contributed by atoms with E-state index in [0.717, 1.165) is 18.4 Å². The SMILES string of the molecule is O=C(O)c1cnc(NC2CCCC2)nc1-c1ccncc1. The molecule has 1 aliphatic carbocycles. The summed E-state index contributed by atoms with van der Waals surface area (Å²) in [4.78, 5) is 23.8. The maximum atomic E-state index is 11.3. The molecule has 0 amide bonds. The van der Waals surface area contributed by atoms with Gasteiger partial charge in [-0.15, -0.1) is 0 Å². The van der Waals surface area contributed by atoms with Crippen molar-refractivity contribution in [1.29, 1.82) is 0 Å². The van der Waals surface area contributed by atoms with Gasteiger partial charge in [0.1, 0.15) is 5.56 Å².